The van der Waals surface area contributed by atoms with E-state index in [1.807, 2.05) is 26.0 Å². The summed E-state index contributed by atoms with van der Waals surface area (Å²) in [5.74, 6) is -0.257. The zero-order valence-electron chi connectivity index (χ0n) is 12.9. The molecule has 23 heavy (non-hydrogen) atoms. The van der Waals surface area contributed by atoms with E-state index in [1.165, 1.54) is 24.3 Å². The van der Waals surface area contributed by atoms with Crippen molar-refractivity contribution in [2.45, 2.75) is 20.0 Å². The number of carbonyl (C=O) groups is 1. The van der Waals surface area contributed by atoms with Gasteiger partial charge in [-0.1, -0.05) is 12.1 Å². The van der Waals surface area contributed by atoms with Crippen LogP contribution in [0.15, 0.2) is 42.5 Å². The Balaban J connectivity index is 2.01. The van der Waals surface area contributed by atoms with Crippen molar-refractivity contribution in [2.75, 3.05) is 6.54 Å². The van der Waals surface area contributed by atoms with E-state index in [4.69, 9.17) is 0 Å². The number of amides is 1. The SMILES string of the molecule is Cc1cccc(C(=O)NCC(O)c2ccc([N+](=O)[O-])cc2)c1C. The normalized spacial score (nSPS) is 11.8. The average Bonchev–Trinajstić information content (AvgIpc) is 2.55. The molecule has 0 bridgehead atoms. The van der Waals surface area contributed by atoms with Crippen LogP contribution in [0.4, 0.5) is 5.69 Å². The van der Waals surface area contributed by atoms with Crippen LogP contribution < -0.4 is 5.32 Å². The molecule has 0 aliphatic heterocycles. The van der Waals surface area contributed by atoms with Crippen molar-refractivity contribution in [1.29, 1.82) is 0 Å². The summed E-state index contributed by atoms with van der Waals surface area (Å²) in [6.07, 6.45) is -0.926. The van der Waals surface area contributed by atoms with Crippen molar-refractivity contribution in [3.05, 3.63) is 74.8 Å². The maximum atomic E-state index is 12.2. The molecular weight excluding hydrogens is 296 g/mol. The van der Waals surface area contributed by atoms with Crippen molar-refractivity contribution in [3.63, 3.8) is 0 Å². The minimum absolute atomic E-state index is 0.0318. The van der Waals surface area contributed by atoms with Gasteiger partial charge in [-0.15, -0.1) is 0 Å². The van der Waals surface area contributed by atoms with Crippen LogP contribution in [0.3, 0.4) is 0 Å². The second-order valence-corrected chi connectivity index (χ2v) is 5.32. The van der Waals surface area contributed by atoms with E-state index < -0.39 is 11.0 Å². The highest BCUT2D eigenvalue weighted by Gasteiger charge is 2.14. The summed E-state index contributed by atoms with van der Waals surface area (Å²) >= 11 is 0. The van der Waals surface area contributed by atoms with Crippen molar-refractivity contribution in [2.24, 2.45) is 0 Å². The number of nitrogens with zero attached hydrogens (tertiary/aromatic N) is 1. The highest BCUT2D eigenvalue weighted by Crippen LogP contribution is 2.18. The first-order valence-electron chi connectivity index (χ1n) is 7.17. The number of benzene rings is 2. The number of nitrogens with one attached hydrogen (secondary N) is 1. The molecule has 0 heterocycles. The summed E-state index contributed by atoms with van der Waals surface area (Å²) in [6, 6.07) is 11.1. The Labute approximate surface area is 133 Å². The van der Waals surface area contributed by atoms with Crippen molar-refractivity contribution in [1.82, 2.24) is 5.32 Å². The van der Waals surface area contributed by atoms with Gasteiger partial charge in [-0.25, -0.2) is 0 Å². The second kappa shape index (κ2) is 7.02. The molecule has 0 aliphatic carbocycles. The van der Waals surface area contributed by atoms with Crippen molar-refractivity contribution in [3.8, 4) is 0 Å². The Kier molecular flexibility index (Phi) is 5.08. The van der Waals surface area contributed by atoms with Gasteiger partial charge in [0.05, 0.1) is 11.0 Å². The number of nitro groups is 1. The van der Waals surface area contributed by atoms with E-state index in [0.717, 1.165) is 11.1 Å². The summed E-state index contributed by atoms with van der Waals surface area (Å²) in [4.78, 5) is 22.3. The van der Waals surface area contributed by atoms with Crippen LogP contribution in [0.2, 0.25) is 0 Å². The molecule has 1 atom stereocenters. The predicted octanol–water partition coefficient (Wildman–Crippen LogP) is 2.68. The monoisotopic (exact) mass is 314 g/mol. The molecule has 2 aromatic rings. The van der Waals surface area contributed by atoms with E-state index in [-0.39, 0.29) is 18.1 Å². The highest BCUT2D eigenvalue weighted by atomic mass is 16.6. The molecule has 0 radical (unpaired) electrons. The number of aliphatic hydroxyl groups excluding tert-OH is 1. The van der Waals surface area contributed by atoms with Crippen LogP contribution in [-0.4, -0.2) is 22.5 Å². The maximum Gasteiger partial charge on any atom is 0.269 e. The van der Waals surface area contributed by atoms with Crippen LogP contribution in [0.1, 0.15) is 33.2 Å². The smallest absolute Gasteiger partial charge is 0.269 e. The van der Waals surface area contributed by atoms with Crippen LogP contribution in [0, 0.1) is 24.0 Å². The minimum atomic E-state index is -0.926. The number of hydrogen-bond acceptors (Lipinski definition) is 4. The van der Waals surface area contributed by atoms with E-state index in [2.05, 4.69) is 5.32 Å². The topological polar surface area (TPSA) is 92.5 Å². The van der Waals surface area contributed by atoms with Crippen LogP contribution in [0.25, 0.3) is 0 Å². The summed E-state index contributed by atoms with van der Waals surface area (Å²) < 4.78 is 0. The lowest BCUT2D eigenvalue weighted by molar-refractivity contribution is -0.384. The van der Waals surface area contributed by atoms with E-state index in [9.17, 15) is 20.0 Å². The van der Waals surface area contributed by atoms with Crippen molar-refractivity contribution >= 4 is 11.6 Å². The lowest BCUT2D eigenvalue weighted by Crippen LogP contribution is -2.29. The van der Waals surface area contributed by atoms with Gasteiger partial charge in [0, 0.05) is 24.2 Å². The van der Waals surface area contributed by atoms with Crippen LogP contribution in [-0.2, 0) is 0 Å². The first-order valence-corrected chi connectivity index (χ1v) is 7.17. The number of non-ortho nitro benzene ring substituents is 1. The fourth-order valence-electron chi connectivity index (χ4n) is 2.22. The third-order valence-corrected chi connectivity index (χ3v) is 3.79. The lowest BCUT2D eigenvalue weighted by atomic mass is 10.0. The van der Waals surface area contributed by atoms with Gasteiger partial charge in [0.15, 0.2) is 0 Å². The van der Waals surface area contributed by atoms with E-state index in [0.29, 0.717) is 11.1 Å². The minimum Gasteiger partial charge on any atom is -0.387 e. The molecular formula is C17H18N2O4. The van der Waals surface area contributed by atoms with Crippen LogP contribution in [0.5, 0.6) is 0 Å². The fourth-order valence-corrected chi connectivity index (χ4v) is 2.22. The summed E-state index contributed by atoms with van der Waals surface area (Å²) in [5, 5.41) is 23.4. The molecule has 0 saturated carbocycles. The highest BCUT2D eigenvalue weighted by molar-refractivity contribution is 5.95. The molecule has 1 unspecified atom stereocenters. The molecule has 6 nitrogen and oxygen atoms in total. The third-order valence-electron chi connectivity index (χ3n) is 3.79. The molecule has 2 aromatic carbocycles. The van der Waals surface area contributed by atoms with Gasteiger partial charge in [0.1, 0.15) is 0 Å². The predicted molar refractivity (Wildman–Crippen MR) is 86.3 cm³/mol. The largest absolute Gasteiger partial charge is 0.387 e. The molecule has 0 spiro atoms. The van der Waals surface area contributed by atoms with Gasteiger partial charge in [-0.2, -0.15) is 0 Å². The van der Waals surface area contributed by atoms with E-state index in [1.54, 1.807) is 6.07 Å². The summed E-state index contributed by atoms with van der Waals surface area (Å²) in [5.41, 5.74) is 2.96. The average molecular weight is 314 g/mol. The molecule has 2 N–H and O–H groups in total. The Morgan fingerprint density at radius 3 is 2.48 bits per heavy atom. The molecule has 0 saturated heterocycles. The van der Waals surface area contributed by atoms with Gasteiger partial charge in [0.25, 0.3) is 11.6 Å². The fraction of sp³-hybridized carbons (Fsp3) is 0.235. The number of nitro benzene ring substituents is 1. The Hall–Kier alpha value is -2.73. The lowest BCUT2D eigenvalue weighted by Gasteiger charge is -2.13. The summed E-state index contributed by atoms with van der Waals surface area (Å²) in [7, 11) is 0. The first kappa shape index (κ1) is 16.6. The zero-order valence-corrected chi connectivity index (χ0v) is 12.9. The molecule has 2 rings (SSSR count). The second-order valence-electron chi connectivity index (χ2n) is 5.32. The van der Waals surface area contributed by atoms with Gasteiger partial charge in [0.2, 0.25) is 0 Å². The molecule has 0 aromatic heterocycles. The van der Waals surface area contributed by atoms with Gasteiger partial charge in [-0.3, -0.25) is 14.9 Å². The molecule has 120 valence electrons. The first-order chi connectivity index (χ1) is 10.9. The number of aliphatic hydroxyl groups is 1. The van der Waals surface area contributed by atoms with Gasteiger partial charge in [-0.05, 0) is 48.7 Å². The standard InChI is InChI=1S/C17H18N2O4/c1-11-4-3-5-15(12(11)2)17(21)18-10-16(20)13-6-8-14(9-7-13)19(22)23/h3-9,16,20H,10H2,1-2H3,(H,18,21). The number of hydrogen-bond donors (Lipinski definition) is 2. The Morgan fingerprint density at radius 2 is 1.87 bits per heavy atom. The van der Waals surface area contributed by atoms with Gasteiger partial charge < -0.3 is 10.4 Å². The quantitative estimate of drug-likeness (QED) is 0.655. The molecule has 0 fully saturated rings. The third kappa shape index (κ3) is 3.92. The van der Waals surface area contributed by atoms with Gasteiger partial charge >= 0.3 is 0 Å². The number of rotatable bonds is 5. The molecule has 0 aliphatic rings. The number of aryl methyl sites for hydroxylation is 1. The summed E-state index contributed by atoms with van der Waals surface area (Å²) in [6.45, 7) is 3.83. The number of carbonyl (C=O) groups excluding carboxylic acids is 1. The Morgan fingerprint density at radius 1 is 1.22 bits per heavy atom. The van der Waals surface area contributed by atoms with E-state index >= 15 is 0 Å². The molecule has 1 amide bonds. The van der Waals surface area contributed by atoms with Crippen molar-refractivity contribution < 1.29 is 14.8 Å². The Bertz CT molecular complexity index is 726. The van der Waals surface area contributed by atoms with Crippen LogP contribution >= 0.6 is 0 Å². The zero-order chi connectivity index (χ0) is 17.0. The maximum absolute atomic E-state index is 12.2. The molecule has 6 heteroatoms.